The van der Waals surface area contributed by atoms with Crippen molar-refractivity contribution in [1.29, 1.82) is 0 Å². The fraction of sp³-hybridized carbons (Fsp3) is 0.929. The van der Waals surface area contributed by atoms with Crippen molar-refractivity contribution in [3.05, 3.63) is 0 Å². The van der Waals surface area contributed by atoms with Crippen LogP contribution in [0.2, 0.25) is 0 Å². The van der Waals surface area contributed by atoms with E-state index >= 15 is 0 Å². The number of thiocarbonyl (C=S) groups is 1. The summed E-state index contributed by atoms with van der Waals surface area (Å²) in [6.45, 7) is 7.62. The summed E-state index contributed by atoms with van der Waals surface area (Å²) in [5, 5.41) is 0. The van der Waals surface area contributed by atoms with Crippen LogP contribution in [0.25, 0.3) is 0 Å². The molecule has 2 N–H and O–H groups in total. The molecule has 0 bridgehead atoms. The predicted molar refractivity (Wildman–Crippen MR) is 80.4 cm³/mol. The van der Waals surface area contributed by atoms with E-state index in [1.54, 1.807) is 0 Å². The van der Waals surface area contributed by atoms with Crippen molar-refractivity contribution in [3.63, 3.8) is 0 Å². The second-order valence-corrected chi connectivity index (χ2v) is 6.55. The summed E-state index contributed by atoms with van der Waals surface area (Å²) >= 11 is 5.09. The highest BCUT2D eigenvalue weighted by Crippen LogP contribution is 2.36. The largest absolute Gasteiger partial charge is 0.392 e. The van der Waals surface area contributed by atoms with Crippen molar-refractivity contribution in [3.8, 4) is 0 Å². The maximum Gasteiger partial charge on any atom is 0.0870 e. The zero-order valence-corrected chi connectivity index (χ0v) is 12.9. The van der Waals surface area contributed by atoms with Crippen LogP contribution >= 0.6 is 12.2 Å². The SMILES string of the molecule is CC(C)N(CC(N)=S)C1CCOC2(CCOCC2)C1. The van der Waals surface area contributed by atoms with Gasteiger partial charge in [0.05, 0.1) is 10.6 Å². The van der Waals surface area contributed by atoms with Gasteiger partial charge in [0.25, 0.3) is 0 Å². The third kappa shape index (κ3) is 3.88. The average molecular weight is 286 g/mol. The Balaban J connectivity index is 2.03. The van der Waals surface area contributed by atoms with E-state index in [2.05, 4.69) is 18.7 Å². The van der Waals surface area contributed by atoms with E-state index in [0.29, 0.717) is 23.6 Å². The molecule has 2 heterocycles. The number of nitrogens with zero attached hydrogens (tertiary/aromatic N) is 1. The smallest absolute Gasteiger partial charge is 0.0870 e. The van der Waals surface area contributed by atoms with E-state index in [-0.39, 0.29) is 5.60 Å². The normalized spacial score (nSPS) is 27.1. The first-order valence-electron chi connectivity index (χ1n) is 7.28. The van der Waals surface area contributed by atoms with Crippen molar-refractivity contribution in [2.75, 3.05) is 26.4 Å². The number of hydrogen-bond acceptors (Lipinski definition) is 4. The summed E-state index contributed by atoms with van der Waals surface area (Å²) < 4.78 is 11.6. The lowest BCUT2D eigenvalue weighted by molar-refractivity contribution is -0.152. The molecule has 1 spiro atoms. The molecule has 2 saturated heterocycles. The Kier molecular flexibility index (Phi) is 5.17. The van der Waals surface area contributed by atoms with Gasteiger partial charge in [-0.2, -0.15) is 0 Å². The molecule has 1 unspecified atom stereocenters. The third-order valence-electron chi connectivity index (χ3n) is 4.34. The van der Waals surface area contributed by atoms with Crippen LogP contribution in [0.15, 0.2) is 0 Å². The molecule has 2 fully saturated rings. The minimum absolute atomic E-state index is 0.0323. The number of rotatable bonds is 4. The summed E-state index contributed by atoms with van der Waals surface area (Å²) in [4.78, 5) is 3.02. The minimum atomic E-state index is 0.0323. The first kappa shape index (κ1) is 15.2. The summed E-state index contributed by atoms with van der Waals surface area (Å²) in [5.41, 5.74) is 5.78. The van der Waals surface area contributed by atoms with E-state index in [1.165, 1.54) is 0 Å². The minimum Gasteiger partial charge on any atom is -0.392 e. The molecule has 4 nitrogen and oxygen atoms in total. The Bertz CT molecular complexity index is 311. The number of hydrogen-bond donors (Lipinski definition) is 1. The lowest BCUT2D eigenvalue weighted by Gasteiger charge is -2.47. The van der Waals surface area contributed by atoms with Gasteiger partial charge in [0.15, 0.2) is 0 Å². The highest BCUT2D eigenvalue weighted by atomic mass is 32.1. The quantitative estimate of drug-likeness (QED) is 0.797. The molecule has 1 atom stereocenters. The van der Waals surface area contributed by atoms with Crippen molar-refractivity contribution in [2.24, 2.45) is 5.73 Å². The molecule has 2 rings (SSSR count). The third-order valence-corrected chi connectivity index (χ3v) is 4.47. The van der Waals surface area contributed by atoms with Gasteiger partial charge in [0.2, 0.25) is 0 Å². The standard InChI is InChI=1S/C14H26N2O2S/c1-11(2)16(10-13(15)19)12-3-6-18-14(9-12)4-7-17-8-5-14/h11-12H,3-10H2,1-2H3,(H2,15,19). The second-order valence-electron chi connectivity index (χ2n) is 6.02. The average Bonchev–Trinajstić information content (AvgIpc) is 2.36. The molecule has 5 heteroatoms. The molecule has 2 aliphatic rings. The van der Waals surface area contributed by atoms with E-state index in [9.17, 15) is 0 Å². The van der Waals surface area contributed by atoms with Crippen LogP contribution in [-0.2, 0) is 9.47 Å². The molecule has 110 valence electrons. The highest BCUT2D eigenvalue weighted by molar-refractivity contribution is 7.80. The zero-order chi connectivity index (χ0) is 13.9. The van der Waals surface area contributed by atoms with E-state index < -0.39 is 0 Å². The van der Waals surface area contributed by atoms with Gasteiger partial charge in [-0.15, -0.1) is 0 Å². The molecule has 2 aliphatic heterocycles. The van der Waals surface area contributed by atoms with Crippen molar-refractivity contribution < 1.29 is 9.47 Å². The van der Waals surface area contributed by atoms with Crippen molar-refractivity contribution in [1.82, 2.24) is 4.90 Å². The fourth-order valence-electron chi connectivity index (χ4n) is 3.29. The Labute approximate surface area is 121 Å². The molecule has 0 aliphatic carbocycles. The fourth-order valence-corrected chi connectivity index (χ4v) is 3.44. The lowest BCUT2D eigenvalue weighted by atomic mass is 9.83. The highest BCUT2D eigenvalue weighted by Gasteiger charge is 2.41. The number of ether oxygens (including phenoxy) is 2. The van der Waals surface area contributed by atoms with Crippen LogP contribution in [0.3, 0.4) is 0 Å². The second kappa shape index (κ2) is 6.48. The van der Waals surface area contributed by atoms with Gasteiger partial charge in [-0.1, -0.05) is 12.2 Å². The molecule has 0 amide bonds. The zero-order valence-electron chi connectivity index (χ0n) is 12.1. The maximum atomic E-state index is 6.10. The van der Waals surface area contributed by atoms with Crippen LogP contribution < -0.4 is 5.73 Å². The number of nitrogens with two attached hydrogens (primary N) is 1. The van der Waals surface area contributed by atoms with Gasteiger partial charge >= 0.3 is 0 Å². The van der Waals surface area contributed by atoms with Gasteiger partial charge in [0.1, 0.15) is 0 Å². The predicted octanol–water partition coefficient (Wildman–Crippen LogP) is 1.71. The van der Waals surface area contributed by atoms with Gasteiger partial charge in [0, 0.05) is 38.4 Å². The van der Waals surface area contributed by atoms with Gasteiger partial charge in [-0.05, 0) is 39.5 Å². The van der Waals surface area contributed by atoms with Crippen LogP contribution in [0.1, 0.15) is 39.5 Å². The van der Waals surface area contributed by atoms with Crippen LogP contribution in [0.4, 0.5) is 0 Å². The van der Waals surface area contributed by atoms with Crippen molar-refractivity contribution in [2.45, 2.75) is 57.2 Å². The molecular formula is C14H26N2O2S. The molecule has 0 radical (unpaired) electrons. The Morgan fingerprint density at radius 3 is 2.63 bits per heavy atom. The van der Waals surface area contributed by atoms with Crippen LogP contribution in [0.5, 0.6) is 0 Å². The summed E-state index contributed by atoms with van der Waals surface area (Å²) in [5.74, 6) is 0. The maximum absolute atomic E-state index is 6.10. The molecule has 0 saturated carbocycles. The van der Waals surface area contributed by atoms with E-state index in [0.717, 1.165) is 45.5 Å². The first-order valence-corrected chi connectivity index (χ1v) is 7.69. The van der Waals surface area contributed by atoms with E-state index in [4.69, 9.17) is 27.4 Å². The Hall–Kier alpha value is -0.230. The summed E-state index contributed by atoms with van der Waals surface area (Å²) in [7, 11) is 0. The van der Waals surface area contributed by atoms with Crippen LogP contribution in [-0.4, -0.2) is 53.9 Å². The molecular weight excluding hydrogens is 260 g/mol. The summed E-state index contributed by atoms with van der Waals surface area (Å²) in [6.07, 6.45) is 4.19. The molecule has 19 heavy (non-hydrogen) atoms. The lowest BCUT2D eigenvalue weighted by Crippen LogP contribution is -2.54. The Morgan fingerprint density at radius 1 is 1.37 bits per heavy atom. The van der Waals surface area contributed by atoms with Crippen LogP contribution in [0, 0.1) is 0 Å². The van der Waals surface area contributed by atoms with E-state index in [1.807, 2.05) is 0 Å². The van der Waals surface area contributed by atoms with Gasteiger partial charge in [-0.25, -0.2) is 0 Å². The monoisotopic (exact) mass is 286 g/mol. The topological polar surface area (TPSA) is 47.7 Å². The molecule has 0 aromatic rings. The van der Waals surface area contributed by atoms with Gasteiger partial charge in [-0.3, -0.25) is 4.90 Å². The summed E-state index contributed by atoms with van der Waals surface area (Å²) in [6, 6.07) is 0.981. The molecule has 0 aromatic carbocycles. The van der Waals surface area contributed by atoms with Crippen molar-refractivity contribution >= 4 is 17.2 Å². The molecule has 0 aromatic heterocycles. The van der Waals surface area contributed by atoms with Gasteiger partial charge < -0.3 is 15.2 Å². The first-order chi connectivity index (χ1) is 9.02. The Morgan fingerprint density at radius 2 is 2.05 bits per heavy atom.